The lowest BCUT2D eigenvalue weighted by atomic mass is 10.1. The molecule has 4 aromatic heterocycles. The fraction of sp³-hybridized carbons (Fsp3) is 0.0588. The first-order chi connectivity index (χ1) is 11.3. The molecule has 5 nitrogen and oxygen atoms in total. The lowest BCUT2D eigenvalue weighted by Crippen LogP contribution is -1.97. The Kier molecular flexibility index (Phi) is 3.48. The third kappa shape index (κ3) is 2.66. The largest absolute Gasteiger partial charge is 0.264 e. The molecule has 0 spiro atoms. The van der Waals surface area contributed by atoms with Crippen molar-refractivity contribution in [1.29, 1.82) is 0 Å². The molecule has 4 aromatic rings. The van der Waals surface area contributed by atoms with E-state index in [0.717, 1.165) is 28.2 Å². The molecule has 0 bridgehead atoms. The Balaban J connectivity index is 1.77. The smallest absolute Gasteiger partial charge is 0.159 e. The molecular formula is C17H12ClN5. The van der Waals surface area contributed by atoms with E-state index >= 15 is 0 Å². The summed E-state index contributed by atoms with van der Waals surface area (Å²) < 4.78 is 1.84. The highest BCUT2D eigenvalue weighted by atomic mass is 35.5. The second-order valence-corrected chi connectivity index (χ2v) is 5.56. The molecule has 0 aliphatic rings. The maximum absolute atomic E-state index is 5.88. The first kappa shape index (κ1) is 13.8. The highest BCUT2D eigenvalue weighted by molar-refractivity contribution is 6.30. The van der Waals surface area contributed by atoms with Gasteiger partial charge in [0.15, 0.2) is 5.65 Å². The second-order valence-electron chi connectivity index (χ2n) is 5.12. The predicted molar refractivity (Wildman–Crippen MR) is 88.3 cm³/mol. The molecule has 0 radical (unpaired) electrons. The molecule has 0 aliphatic heterocycles. The van der Waals surface area contributed by atoms with Crippen LogP contribution in [0.15, 0.2) is 61.3 Å². The van der Waals surface area contributed by atoms with Gasteiger partial charge in [0.05, 0.1) is 16.9 Å². The highest BCUT2D eigenvalue weighted by Crippen LogP contribution is 2.21. The molecule has 112 valence electrons. The Morgan fingerprint density at radius 3 is 2.70 bits per heavy atom. The standard InChI is InChI=1S/C17H12ClN5/c18-14-3-4-15(21-11-14)8-13-10-22-23-16(5-7-20-17(13)23)12-2-1-6-19-9-12/h1-7,9-11H,8H2. The Morgan fingerprint density at radius 1 is 0.957 bits per heavy atom. The molecule has 0 aromatic carbocycles. The van der Waals surface area contributed by atoms with Crippen LogP contribution in [0.4, 0.5) is 0 Å². The van der Waals surface area contributed by atoms with Gasteiger partial charge < -0.3 is 0 Å². The molecular weight excluding hydrogens is 310 g/mol. The van der Waals surface area contributed by atoms with Crippen molar-refractivity contribution in [3.05, 3.63) is 77.6 Å². The van der Waals surface area contributed by atoms with Crippen molar-refractivity contribution in [3.8, 4) is 11.3 Å². The van der Waals surface area contributed by atoms with Crippen LogP contribution in [0.1, 0.15) is 11.3 Å². The van der Waals surface area contributed by atoms with Crippen LogP contribution >= 0.6 is 11.6 Å². The van der Waals surface area contributed by atoms with E-state index < -0.39 is 0 Å². The van der Waals surface area contributed by atoms with Gasteiger partial charge in [0.25, 0.3) is 0 Å². The van der Waals surface area contributed by atoms with Crippen LogP contribution in [0.3, 0.4) is 0 Å². The minimum absolute atomic E-state index is 0.630. The molecule has 4 heterocycles. The predicted octanol–water partition coefficient (Wildman–Crippen LogP) is 3.43. The van der Waals surface area contributed by atoms with Crippen molar-refractivity contribution in [2.45, 2.75) is 6.42 Å². The number of aromatic nitrogens is 5. The Labute approximate surface area is 137 Å². The third-order valence-corrected chi connectivity index (χ3v) is 3.82. The van der Waals surface area contributed by atoms with Gasteiger partial charge in [-0.1, -0.05) is 11.6 Å². The molecule has 0 atom stereocenters. The van der Waals surface area contributed by atoms with Gasteiger partial charge in [0.2, 0.25) is 0 Å². The van der Waals surface area contributed by atoms with E-state index in [1.54, 1.807) is 18.6 Å². The number of rotatable bonds is 3. The minimum Gasteiger partial charge on any atom is -0.264 e. The minimum atomic E-state index is 0.630. The molecule has 4 rings (SSSR count). The lowest BCUT2D eigenvalue weighted by Gasteiger charge is -2.04. The van der Waals surface area contributed by atoms with E-state index in [4.69, 9.17) is 11.6 Å². The van der Waals surface area contributed by atoms with E-state index in [1.807, 2.05) is 47.2 Å². The van der Waals surface area contributed by atoms with Crippen LogP contribution in [0.5, 0.6) is 0 Å². The normalized spacial score (nSPS) is 11.0. The summed E-state index contributed by atoms with van der Waals surface area (Å²) in [5.74, 6) is 0. The second kappa shape index (κ2) is 5.78. The van der Waals surface area contributed by atoms with E-state index in [0.29, 0.717) is 11.4 Å². The van der Waals surface area contributed by atoms with Gasteiger partial charge in [-0.15, -0.1) is 0 Å². The van der Waals surface area contributed by atoms with E-state index in [2.05, 4.69) is 20.1 Å². The Hall–Kier alpha value is -2.79. The Bertz CT molecular complexity index is 948. The highest BCUT2D eigenvalue weighted by Gasteiger charge is 2.11. The molecule has 0 saturated heterocycles. The summed E-state index contributed by atoms with van der Waals surface area (Å²) in [6, 6.07) is 9.59. The quantitative estimate of drug-likeness (QED) is 0.580. The zero-order valence-corrected chi connectivity index (χ0v) is 12.9. The van der Waals surface area contributed by atoms with Gasteiger partial charge in [-0.05, 0) is 30.3 Å². The molecule has 0 fully saturated rings. The summed E-state index contributed by atoms with van der Waals surface area (Å²) in [5, 5.41) is 5.11. The molecule has 6 heteroatoms. The number of pyridine rings is 2. The lowest BCUT2D eigenvalue weighted by molar-refractivity contribution is 0.946. The van der Waals surface area contributed by atoms with Crippen LogP contribution in [0.2, 0.25) is 5.02 Å². The zero-order valence-electron chi connectivity index (χ0n) is 12.1. The number of hydrogen-bond acceptors (Lipinski definition) is 4. The van der Waals surface area contributed by atoms with Crippen LogP contribution in [-0.4, -0.2) is 24.6 Å². The number of fused-ring (bicyclic) bond motifs is 1. The number of nitrogens with zero attached hydrogens (tertiary/aromatic N) is 5. The average molecular weight is 322 g/mol. The summed E-state index contributed by atoms with van der Waals surface area (Å²) in [6.45, 7) is 0. The van der Waals surface area contributed by atoms with Crippen molar-refractivity contribution < 1.29 is 0 Å². The summed E-state index contributed by atoms with van der Waals surface area (Å²) >= 11 is 5.88. The fourth-order valence-corrected chi connectivity index (χ4v) is 2.61. The number of hydrogen-bond donors (Lipinski definition) is 0. The summed E-state index contributed by atoms with van der Waals surface area (Å²) in [7, 11) is 0. The van der Waals surface area contributed by atoms with Crippen LogP contribution in [-0.2, 0) is 6.42 Å². The van der Waals surface area contributed by atoms with E-state index in [1.165, 1.54) is 0 Å². The maximum Gasteiger partial charge on any atom is 0.159 e. The van der Waals surface area contributed by atoms with Gasteiger partial charge in [-0.25, -0.2) is 9.50 Å². The van der Waals surface area contributed by atoms with Gasteiger partial charge >= 0.3 is 0 Å². The van der Waals surface area contributed by atoms with Crippen molar-refractivity contribution >= 4 is 17.2 Å². The first-order valence-electron chi connectivity index (χ1n) is 7.14. The maximum atomic E-state index is 5.88. The molecule has 0 N–H and O–H groups in total. The summed E-state index contributed by atoms with van der Waals surface area (Å²) in [6.07, 6.45) is 9.50. The molecule has 0 amide bonds. The summed E-state index contributed by atoms with van der Waals surface area (Å²) in [5.41, 5.74) is 4.73. The van der Waals surface area contributed by atoms with Gasteiger partial charge in [0.1, 0.15) is 0 Å². The average Bonchev–Trinajstić information content (AvgIpc) is 3.01. The number of halogens is 1. The summed E-state index contributed by atoms with van der Waals surface area (Å²) in [4.78, 5) is 13.0. The molecule has 0 aliphatic carbocycles. The van der Waals surface area contributed by atoms with Crippen LogP contribution < -0.4 is 0 Å². The Morgan fingerprint density at radius 2 is 1.91 bits per heavy atom. The van der Waals surface area contributed by atoms with E-state index in [9.17, 15) is 0 Å². The van der Waals surface area contributed by atoms with Gasteiger partial charge in [-0.2, -0.15) is 5.10 Å². The fourth-order valence-electron chi connectivity index (χ4n) is 2.50. The van der Waals surface area contributed by atoms with Crippen molar-refractivity contribution in [2.75, 3.05) is 0 Å². The van der Waals surface area contributed by atoms with Crippen LogP contribution in [0, 0.1) is 0 Å². The van der Waals surface area contributed by atoms with Crippen molar-refractivity contribution in [1.82, 2.24) is 24.6 Å². The van der Waals surface area contributed by atoms with Crippen LogP contribution in [0.25, 0.3) is 16.9 Å². The topological polar surface area (TPSA) is 56.0 Å². The SMILES string of the molecule is Clc1ccc(Cc2cnn3c(-c4cccnc4)ccnc23)nc1. The first-order valence-corrected chi connectivity index (χ1v) is 7.51. The van der Waals surface area contributed by atoms with Gasteiger partial charge in [0, 0.05) is 48.0 Å². The van der Waals surface area contributed by atoms with Crippen molar-refractivity contribution in [3.63, 3.8) is 0 Å². The van der Waals surface area contributed by atoms with E-state index in [-0.39, 0.29) is 0 Å². The zero-order chi connectivity index (χ0) is 15.6. The molecule has 0 saturated carbocycles. The molecule has 0 unspecified atom stereocenters. The van der Waals surface area contributed by atoms with Gasteiger partial charge in [-0.3, -0.25) is 9.97 Å². The monoisotopic (exact) mass is 321 g/mol. The third-order valence-electron chi connectivity index (χ3n) is 3.59. The van der Waals surface area contributed by atoms with Crippen molar-refractivity contribution in [2.24, 2.45) is 0 Å². The molecule has 23 heavy (non-hydrogen) atoms.